The summed E-state index contributed by atoms with van der Waals surface area (Å²) >= 11 is 3.18. The molecular formula is C12H7BrF2N2O. The molecule has 0 aliphatic rings. The number of hydrogen-bond donors (Lipinski definition) is 1. The normalized spacial score (nSPS) is 10.2. The van der Waals surface area contributed by atoms with Crippen molar-refractivity contribution in [2.24, 2.45) is 0 Å². The number of anilines is 1. The third kappa shape index (κ3) is 2.70. The van der Waals surface area contributed by atoms with Crippen LogP contribution < -0.4 is 5.32 Å². The summed E-state index contributed by atoms with van der Waals surface area (Å²) in [4.78, 5) is 15.6. The molecular weight excluding hydrogens is 306 g/mol. The fraction of sp³-hybridized carbons (Fsp3) is 0. The third-order valence-corrected chi connectivity index (χ3v) is 2.59. The minimum absolute atomic E-state index is 0.344. The van der Waals surface area contributed by atoms with Gasteiger partial charge in [-0.25, -0.2) is 8.78 Å². The van der Waals surface area contributed by atoms with Gasteiger partial charge in [-0.05, 0) is 34.1 Å². The Hall–Kier alpha value is -1.82. The molecule has 0 atom stereocenters. The van der Waals surface area contributed by atoms with Crippen LogP contribution >= 0.6 is 15.9 Å². The van der Waals surface area contributed by atoms with Crippen molar-refractivity contribution < 1.29 is 13.6 Å². The fourth-order valence-corrected chi connectivity index (χ4v) is 1.75. The number of amides is 1. The van der Waals surface area contributed by atoms with Crippen LogP contribution in [-0.2, 0) is 0 Å². The molecule has 0 radical (unpaired) electrons. The van der Waals surface area contributed by atoms with Crippen molar-refractivity contribution in [2.75, 3.05) is 5.32 Å². The molecule has 1 amide bonds. The van der Waals surface area contributed by atoms with Crippen molar-refractivity contribution in [3.63, 3.8) is 0 Å². The van der Waals surface area contributed by atoms with E-state index in [1.807, 2.05) is 0 Å². The van der Waals surface area contributed by atoms with Crippen LogP contribution in [0, 0.1) is 11.6 Å². The summed E-state index contributed by atoms with van der Waals surface area (Å²) in [5.74, 6) is -2.67. The molecule has 1 heterocycles. The SMILES string of the molecule is O=C(Nc1cncc(Br)c1)c1c(F)cccc1F. The van der Waals surface area contributed by atoms with Gasteiger partial charge in [0.25, 0.3) is 5.91 Å². The van der Waals surface area contributed by atoms with Crippen molar-refractivity contribution >= 4 is 27.5 Å². The molecule has 92 valence electrons. The molecule has 1 N–H and O–H groups in total. The van der Waals surface area contributed by atoms with E-state index in [-0.39, 0.29) is 0 Å². The number of pyridine rings is 1. The number of benzene rings is 1. The van der Waals surface area contributed by atoms with Crippen LogP contribution in [0.15, 0.2) is 41.1 Å². The summed E-state index contributed by atoms with van der Waals surface area (Å²) in [6.45, 7) is 0. The Balaban J connectivity index is 2.28. The zero-order chi connectivity index (χ0) is 13.1. The molecule has 0 fully saturated rings. The molecule has 0 saturated heterocycles. The minimum atomic E-state index is -0.907. The fourth-order valence-electron chi connectivity index (χ4n) is 1.39. The van der Waals surface area contributed by atoms with Gasteiger partial charge in [0.1, 0.15) is 17.2 Å². The maximum absolute atomic E-state index is 13.4. The van der Waals surface area contributed by atoms with Gasteiger partial charge in [-0.15, -0.1) is 0 Å². The largest absolute Gasteiger partial charge is 0.320 e. The molecule has 2 rings (SSSR count). The Morgan fingerprint density at radius 1 is 1.22 bits per heavy atom. The molecule has 0 aliphatic carbocycles. The molecule has 0 aliphatic heterocycles. The molecule has 0 saturated carbocycles. The second-order valence-corrected chi connectivity index (χ2v) is 4.36. The Labute approximate surface area is 110 Å². The van der Waals surface area contributed by atoms with Crippen molar-refractivity contribution in [3.05, 3.63) is 58.3 Å². The van der Waals surface area contributed by atoms with E-state index in [1.165, 1.54) is 18.5 Å². The van der Waals surface area contributed by atoms with Gasteiger partial charge in [-0.2, -0.15) is 0 Å². The summed E-state index contributed by atoms with van der Waals surface area (Å²) in [5, 5.41) is 2.37. The number of nitrogens with one attached hydrogen (secondary N) is 1. The molecule has 1 aromatic heterocycles. The molecule has 2 aromatic rings. The van der Waals surface area contributed by atoms with Crippen molar-refractivity contribution in [1.29, 1.82) is 0 Å². The average molecular weight is 313 g/mol. The second-order valence-electron chi connectivity index (χ2n) is 3.44. The molecule has 0 bridgehead atoms. The molecule has 0 unspecified atom stereocenters. The van der Waals surface area contributed by atoms with E-state index in [1.54, 1.807) is 6.07 Å². The first-order valence-corrected chi connectivity index (χ1v) is 5.73. The standard InChI is InChI=1S/C12H7BrF2N2O/c13-7-4-8(6-16-5-7)17-12(18)11-9(14)2-1-3-10(11)15/h1-6H,(H,17,18). The minimum Gasteiger partial charge on any atom is -0.320 e. The lowest BCUT2D eigenvalue weighted by Gasteiger charge is -2.06. The van der Waals surface area contributed by atoms with Gasteiger partial charge < -0.3 is 5.32 Å². The lowest BCUT2D eigenvalue weighted by Crippen LogP contribution is -2.15. The quantitative estimate of drug-likeness (QED) is 0.923. The monoisotopic (exact) mass is 312 g/mol. The Morgan fingerprint density at radius 2 is 1.89 bits per heavy atom. The maximum Gasteiger partial charge on any atom is 0.261 e. The lowest BCUT2D eigenvalue weighted by atomic mass is 10.2. The predicted molar refractivity (Wildman–Crippen MR) is 66.2 cm³/mol. The van der Waals surface area contributed by atoms with E-state index in [0.717, 1.165) is 12.1 Å². The molecule has 1 aromatic carbocycles. The van der Waals surface area contributed by atoms with Crippen LogP contribution in [0.2, 0.25) is 0 Å². The predicted octanol–water partition coefficient (Wildman–Crippen LogP) is 3.37. The molecule has 3 nitrogen and oxygen atoms in total. The molecule has 6 heteroatoms. The van der Waals surface area contributed by atoms with Crippen LogP contribution in [0.3, 0.4) is 0 Å². The summed E-state index contributed by atoms with van der Waals surface area (Å²) < 4.78 is 27.4. The van der Waals surface area contributed by atoms with Gasteiger partial charge in [0.05, 0.1) is 11.9 Å². The van der Waals surface area contributed by atoms with Gasteiger partial charge >= 0.3 is 0 Å². The number of carbonyl (C=O) groups excluding carboxylic acids is 1. The molecule has 18 heavy (non-hydrogen) atoms. The van der Waals surface area contributed by atoms with Gasteiger partial charge in [0, 0.05) is 10.7 Å². The van der Waals surface area contributed by atoms with E-state index in [9.17, 15) is 13.6 Å². The zero-order valence-electron chi connectivity index (χ0n) is 8.95. The summed E-state index contributed by atoms with van der Waals surface area (Å²) in [6, 6.07) is 4.82. The third-order valence-electron chi connectivity index (χ3n) is 2.15. The first-order valence-electron chi connectivity index (χ1n) is 4.94. The van der Waals surface area contributed by atoms with Gasteiger partial charge in [0.15, 0.2) is 0 Å². The first-order chi connectivity index (χ1) is 8.58. The highest BCUT2D eigenvalue weighted by atomic mass is 79.9. The van der Waals surface area contributed by atoms with E-state index in [4.69, 9.17) is 0 Å². The second kappa shape index (κ2) is 5.22. The number of nitrogens with zero attached hydrogens (tertiary/aromatic N) is 1. The Bertz CT molecular complexity index is 584. The Morgan fingerprint density at radius 3 is 2.50 bits per heavy atom. The first kappa shape index (κ1) is 12.6. The highest BCUT2D eigenvalue weighted by Gasteiger charge is 2.17. The number of carbonyl (C=O) groups is 1. The highest BCUT2D eigenvalue weighted by Crippen LogP contribution is 2.17. The van der Waals surface area contributed by atoms with Crippen molar-refractivity contribution in [2.45, 2.75) is 0 Å². The Kier molecular flexibility index (Phi) is 3.66. The van der Waals surface area contributed by atoms with Gasteiger partial charge in [-0.3, -0.25) is 9.78 Å². The van der Waals surface area contributed by atoms with Crippen LogP contribution in [0.5, 0.6) is 0 Å². The highest BCUT2D eigenvalue weighted by molar-refractivity contribution is 9.10. The van der Waals surface area contributed by atoms with E-state index >= 15 is 0 Å². The maximum atomic E-state index is 13.4. The lowest BCUT2D eigenvalue weighted by molar-refractivity contribution is 0.101. The number of rotatable bonds is 2. The van der Waals surface area contributed by atoms with E-state index < -0.39 is 23.1 Å². The molecule has 0 spiro atoms. The number of aromatic nitrogens is 1. The number of hydrogen-bond acceptors (Lipinski definition) is 2. The van der Waals surface area contributed by atoms with Crippen LogP contribution in [-0.4, -0.2) is 10.9 Å². The van der Waals surface area contributed by atoms with Gasteiger partial charge in [-0.1, -0.05) is 6.07 Å². The zero-order valence-corrected chi connectivity index (χ0v) is 10.5. The smallest absolute Gasteiger partial charge is 0.261 e. The summed E-state index contributed by atoms with van der Waals surface area (Å²) in [5.41, 5.74) is -0.269. The summed E-state index contributed by atoms with van der Waals surface area (Å²) in [6.07, 6.45) is 2.90. The topological polar surface area (TPSA) is 42.0 Å². The van der Waals surface area contributed by atoms with Gasteiger partial charge in [0.2, 0.25) is 0 Å². The van der Waals surface area contributed by atoms with E-state index in [0.29, 0.717) is 10.2 Å². The number of halogens is 3. The van der Waals surface area contributed by atoms with Crippen molar-refractivity contribution in [1.82, 2.24) is 4.98 Å². The van der Waals surface area contributed by atoms with E-state index in [2.05, 4.69) is 26.2 Å². The van der Waals surface area contributed by atoms with Crippen LogP contribution in [0.1, 0.15) is 10.4 Å². The summed E-state index contributed by atoms with van der Waals surface area (Å²) in [7, 11) is 0. The van der Waals surface area contributed by atoms with Crippen molar-refractivity contribution in [3.8, 4) is 0 Å². The van der Waals surface area contributed by atoms with Crippen LogP contribution in [0.4, 0.5) is 14.5 Å². The van der Waals surface area contributed by atoms with Crippen LogP contribution in [0.25, 0.3) is 0 Å². The average Bonchev–Trinajstić information content (AvgIpc) is 2.28.